The first-order chi connectivity index (χ1) is 12.3. The van der Waals surface area contributed by atoms with E-state index in [-0.39, 0.29) is 0 Å². The van der Waals surface area contributed by atoms with Crippen molar-refractivity contribution in [1.82, 2.24) is 0 Å². The van der Waals surface area contributed by atoms with Gasteiger partial charge in [-0.05, 0) is 12.1 Å². The van der Waals surface area contributed by atoms with Gasteiger partial charge in [-0.3, -0.25) is 18.3 Å². The van der Waals surface area contributed by atoms with Gasteiger partial charge in [0, 0.05) is 0 Å². The largest absolute Gasteiger partial charge is 0.478 e. The lowest BCUT2D eigenvalue weighted by molar-refractivity contribution is 0.0696. The fourth-order valence-electron chi connectivity index (χ4n) is 2.29. The minimum Gasteiger partial charge on any atom is -0.478 e. The Labute approximate surface area is 155 Å². The maximum absolute atomic E-state index is 11.7. The molecular formula is C9H15NO14P4. The van der Waals surface area contributed by atoms with Crippen molar-refractivity contribution in [3.63, 3.8) is 0 Å². The molecule has 0 heterocycles. The number of carbonyl (C=O) groups is 1. The molecule has 19 heteroatoms. The van der Waals surface area contributed by atoms with Crippen LogP contribution in [0.1, 0.15) is 10.4 Å². The van der Waals surface area contributed by atoms with Crippen LogP contribution in [0, 0.1) is 0 Å². The van der Waals surface area contributed by atoms with Gasteiger partial charge >= 0.3 is 36.4 Å². The third kappa shape index (κ3) is 5.80. The monoisotopic (exact) mass is 485 g/mol. The molecule has 1 aromatic rings. The quantitative estimate of drug-likeness (QED) is 0.209. The molecule has 0 aliphatic carbocycles. The van der Waals surface area contributed by atoms with Crippen molar-refractivity contribution in [3.05, 3.63) is 29.8 Å². The molecule has 1 aromatic carbocycles. The summed E-state index contributed by atoms with van der Waals surface area (Å²) in [7, 11) is -24.3. The van der Waals surface area contributed by atoms with Crippen molar-refractivity contribution in [2.24, 2.45) is 0 Å². The molecule has 28 heavy (non-hydrogen) atoms. The van der Waals surface area contributed by atoms with Crippen LogP contribution in [0.2, 0.25) is 0 Å². The number of para-hydroxylation sites is 1. The highest BCUT2D eigenvalue weighted by Crippen LogP contribution is 2.69. The summed E-state index contributed by atoms with van der Waals surface area (Å²) in [5, 5.41) is 9.19. The van der Waals surface area contributed by atoms with Crippen LogP contribution in [0.4, 0.5) is 5.69 Å². The average molecular weight is 485 g/mol. The van der Waals surface area contributed by atoms with Crippen LogP contribution in [0.15, 0.2) is 24.3 Å². The number of carboxylic acids is 1. The van der Waals surface area contributed by atoms with Crippen LogP contribution in [-0.4, -0.2) is 61.3 Å². The van der Waals surface area contributed by atoms with E-state index in [1.807, 2.05) is 0 Å². The summed E-state index contributed by atoms with van der Waals surface area (Å²) in [6, 6.07) is 3.32. The molecule has 0 aliphatic heterocycles. The Hall–Kier alpha value is -0.910. The fraction of sp³-hybridized carbons (Fsp3) is 0.222. The smallest absolute Gasteiger partial charge is 0.360 e. The number of anilines is 1. The van der Waals surface area contributed by atoms with E-state index < -0.39 is 63.6 Å². The average Bonchev–Trinajstić information content (AvgIpc) is 2.40. The Kier molecular flexibility index (Phi) is 7.25. The predicted molar refractivity (Wildman–Crippen MR) is 91.6 cm³/mol. The van der Waals surface area contributed by atoms with E-state index in [9.17, 15) is 67.3 Å². The molecular weight excluding hydrogens is 470 g/mol. The van der Waals surface area contributed by atoms with Crippen LogP contribution in [0.5, 0.6) is 0 Å². The molecule has 0 saturated heterocycles. The van der Waals surface area contributed by atoms with E-state index in [0.29, 0.717) is 6.07 Å². The Balaban J connectivity index is 4.12. The van der Waals surface area contributed by atoms with Gasteiger partial charge in [0.15, 0.2) is 0 Å². The van der Waals surface area contributed by atoms with Crippen molar-refractivity contribution in [2.75, 3.05) is 4.90 Å². The van der Waals surface area contributed by atoms with Crippen molar-refractivity contribution < 1.29 is 67.3 Å². The van der Waals surface area contributed by atoms with Gasteiger partial charge in [-0.2, -0.15) is 0 Å². The molecule has 0 saturated carbocycles. The molecule has 1 rings (SSSR count). The zero-order valence-electron chi connectivity index (χ0n) is 13.3. The van der Waals surface area contributed by atoms with E-state index in [0.717, 1.165) is 18.2 Å². The van der Waals surface area contributed by atoms with Gasteiger partial charge < -0.3 is 49.2 Å². The first-order valence-electron chi connectivity index (χ1n) is 6.61. The third-order valence-electron chi connectivity index (χ3n) is 3.11. The lowest BCUT2D eigenvalue weighted by Gasteiger charge is -2.39. The first-order valence-corrected chi connectivity index (χ1v) is 13.3. The summed E-state index contributed by atoms with van der Waals surface area (Å²) in [5.74, 6) is -1.88. The summed E-state index contributed by atoms with van der Waals surface area (Å²) in [4.78, 5) is 85.8. The topological polar surface area (TPSA) is 271 Å². The van der Waals surface area contributed by atoms with Crippen molar-refractivity contribution in [1.29, 1.82) is 0 Å². The van der Waals surface area contributed by atoms with Gasteiger partial charge in [0.25, 0.3) is 0 Å². The van der Waals surface area contributed by atoms with E-state index in [1.54, 1.807) is 0 Å². The van der Waals surface area contributed by atoms with Crippen molar-refractivity contribution >= 4 is 42.0 Å². The van der Waals surface area contributed by atoms with Gasteiger partial charge in [-0.1, -0.05) is 12.1 Å². The fourth-order valence-corrected chi connectivity index (χ4v) is 8.17. The number of carboxylic acid groups (broad SMARTS) is 1. The highest BCUT2D eigenvalue weighted by atomic mass is 31.2. The summed E-state index contributed by atoms with van der Waals surface area (Å²) in [5.41, 5.74) is -9.17. The zero-order chi connectivity index (χ0) is 22.3. The van der Waals surface area contributed by atoms with E-state index in [1.165, 1.54) is 0 Å². The molecule has 160 valence electrons. The Morgan fingerprint density at radius 2 is 1.04 bits per heavy atom. The molecule has 0 amide bonds. The highest BCUT2D eigenvalue weighted by molar-refractivity contribution is 7.73. The molecule has 0 spiro atoms. The van der Waals surface area contributed by atoms with Crippen LogP contribution < -0.4 is 4.90 Å². The molecule has 15 nitrogen and oxygen atoms in total. The molecule has 0 aliphatic rings. The molecule has 0 bridgehead atoms. The Morgan fingerprint density at radius 3 is 1.32 bits per heavy atom. The second-order valence-electron chi connectivity index (χ2n) is 5.28. The number of aromatic carboxylic acids is 1. The molecule has 0 fully saturated rings. The third-order valence-corrected chi connectivity index (χ3v) is 10.1. The van der Waals surface area contributed by atoms with Gasteiger partial charge in [0.2, 0.25) is 11.0 Å². The van der Waals surface area contributed by atoms with Gasteiger partial charge in [-0.25, -0.2) is 4.79 Å². The maximum atomic E-state index is 11.7. The summed E-state index contributed by atoms with van der Waals surface area (Å²) in [6.45, 7) is 0. The van der Waals surface area contributed by atoms with E-state index in [2.05, 4.69) is 0 Å². The minimum atomic E-state index is -6.08. The standard InChI is InChI=1S/C9H15NO14P4/c11-7(12)5-3-1-2-4-6(5)10(8(25(13,14)15)26(16,17)18)9(27(19,20)21)28(22,23)24/h1-4,8-9H,(H,11,12)(H2,13,14,15)(H2,16,17,18)(H2,19,20,21)(H2,22,23,24). The minimum absolute atomic E-state index is 0.605. The second-order valence-corrected chi connectivity index (χ2v) is 12.8. The van der Waals surface area contributed by atoms with Crippen molar-refractivity contribution in [2.45, 2.75) is 11.0 Å². The summed E-state index contributed by atoms with van der Waals surface area (Å²) in [6.07, 6.45) is 0. The molecule has 0 unspecified atom stereocenters. The number of rotatable bonds is 8. The molecule has 0 atom stereocenters. The SMILES string of the molecule is O=C(O)c1ccccc1N(C(P(=O)(O)O)P(=O)(O)O)C(P(=O)(O)O)P(=O)(O)O. The van der Waals surface area contributed by atoms with Gasteiger partial charge in [0.05, 0.1) is 11.3 Å². The zero-order valence-corrected chi connectivity index (χ0v) is 16.8. The summed E-state index contributed by atoms with van der Waals surface area (Å²) >= 11 is 0. The lowest BCUT2D eigenvalue weighted by Crippen LogP contribution is -2.44. The molecule has 0 aromatic heterocycles. The van der Waals surface area contributed by atoms with E-state index in [4.69, 9.17) is 0 Å². The lowest BCUT2D eigenvalue weighted by atomic mass is 10.1. The van der Waals surface area contributed by atoms with Crippen LogP contribution >= 0.6 is 30.4 Å². The Morgan fingerprint density at radius 1 is 0.714 bits per heavy atom. The number of hydrogen-bond acceptors (Lipinski definition) is 6. The Bertz CT molecular complexity index is 846. The first kappa shape index (κ1) is 25.1. The van der Waals surface area contributed by atoms with Gasteiger partial charge in [0.1, 0.15) is 0 Å². The van der Waals surface area contributed by atoms with E-state index >= 15 is 0 Å². The predicted octanol–water partition coefficient (Wildman–Crippen LogP) is -0.531. The van der Waals surface area contributed by atoms with Crippen molar-refractivity contribution in [3.8, 4) is 0 Å². The maximum Gasteiger partial charge on any atom is 0.360 e. The van der Waals surface area contributed by atoms with Crippen LogP contribution in [0.3, 0.4) is 0 Å². The number of benzene rings is 1. The molecule has 0 radical (unpaired) electrons. The summed E-state index contributed by atoms with van der Waals surface area (Å²) < 4.78 is 47.0. The molecule has 9 N–H and O–H groups in total. The number of hydrogen-bond donors (Lipinski definition) is 9. The van der Waals surface area contributed by atoms with Crippen LogP contribution in [-0.2, 0) is 18.3 Å². The van der Waals surface area contributed by atoms with Gasteiger partial charge in [-0.15, -0.1) is 0 Å². The normalized spacial score (nSPS) is 13.8. The second kappa shape index (κ2) is 8.08. The van der Waals surface area contributed by atoms with Crippen LogP contribution in [0.25, 0.3) is 0 Å². The number of nitrogens with zero attached hydrogens (tertiary/aromatic N) is 1. The highest BCUT2D eigenvalue weighted by Gasteiger charge is 2.59.